The van der Waals surface area contributed by atoms with Crippen LogP contribution < -0.4 is 5.32 Å². The number of ether oxygens (including phenoxy) is 1. The number of rotatable bonds is 3. The summed E-state index contributed by atoms with van der Waals surface area (Å²) in [6.45, 7) is 5.59. The zero-order chi connectivity index (χ0) is 24.0. The molecule has 2 amide bonds. The number of carbonyl (C=O) groups excluding carboxylic acids is 2. The summed E-state index contributed by atoms with van der Waals surface area (Å²) in [5.41, 5.74) is 1.07. The van der Waals surface area contributed by atoms with Gasteiger partial charge >= 0.3 is 6.09 Å². The smallest absolute Gasteiger partial charge is 0.414 e. The minimum atomic E-state index is -1.11. The van der Waals surface area contributed by atoms with Crippen LogP contribution in [0.15, 0.2) is 54.3 Å². The second-order valence-corrected chi connectivity index (χ2v) is 10.2. The van der Waals surface area contributed by atoms with Crippen molar-refractivity contribution in [1.82, 2.24) is 9.88 Å². The van der Waals surface area contributed by atoms with E-state index >= 15 is 0 Å². The highest BCUT2D eigenvalue weighted by Gasteiger charge is 2.50. The highest BCUT2D eigenvalue weighted by atomic mass is 35.5. The average Bonchev–Trinajstić information content (AvgIpc) is 2.97. The maximum atomic E-state index is 13.6. The monoisotopic (exact) mass is 505 g/mol. The van der Waals surface area contributed by atoms with E-state index in [1.807, 2.05) is 12.1 Å². The van der Waals surface area contributed by atoms with E-state index in [0.29, 0.717) is 10.7 Å². The number of anilines is 1. The predicted octanol–water partition coefficient (Wildman–Crippen LogP) is 6.17. The minimum Gasteiger partial charge on any atom is -0.443 e. The van der Waals surface area contributed by atoms with Crippen LogP contribution in [0.25, 0.3) is 0 Å². The number of hydrogen-bond acceptors (Lipinski definition) is 4. The molecule has 2 aliphatic rings. The zero-order valence-corrected chi connectivity index (χ0v) is 20.6. The lowest BCUT2D eigenvalue weighted by Gasteiger charge is -2.35. The molecule has 0 fully saturated rings. The molecule has 0 spiro atoms. The summed E-state index contributed by atoms with van der Waals surface area (Å²) < 4.78 is 5.53. The van der Waals surface area contributed by atoms with Crippen LogP contribution in [0.5, 0.6) is 0 Å². The Hall–Kier alpha value is -2.54. The Morgan fingerprint density at radius 2 is 1.88 bits per heavy atom. The maximum Gasteiger partial charge on any atom is 0.414 e. The first kappa shape index (κ1) is 23.6. The zero-order valence-electron chi connectivity index (χ0n) is 18.3. The van der Waals surface area contributed by atoms with E-state index < -0.39 is 17.1 Å². The summed E-state index contributed by atoms with van der Waals surface area (Å²) in [4.78, 5) is 31.8. The van der Waals surface area contributed by atoms with Crippen LogP contribution in [0.1, 0.15) is 31.9 Å². The molecule has 1 atom stereocenters. The Morgan fingerprint density at radius 3 is 2.55 bits per heavy atom. The van der Waals surface area contributed by atoms with Gasteiger partial charge in [0, 0.05) is 16.9 Å². The molecule has 1 aromatic carbocycles. The van der Waals surface area contributed by atoms with Crippen LogP contribution in [-0.2, 0) is 21.4 Å². The first-order valence-electron chi connectivity index (χ1n) is 10.3. The molecule has 0 aliphatic carbocycles. The normalized spacial score (nSPS) is 19.8. The summed E-state index contributed by atoms with van der Waals surface area (Å²) >= 11 is 18.5. The largest absolute Gasteiger partial charge is 0.443 e. The number of benzene rings is 1. The molecule has 172 valence electrons. The van der Waals surface area contributed by atoms with Gasteiger partial charge < -0.3 is 10.1 Å². The van der Waals surface area contributed by atoms with Gasteiger partial charge in [-0.1, -0.05) is 46.9 Å². The third-order valence-electron chi connectivity index (χ3n) is 5.45. The van der Waals surface area contributed by atoms with Crippen LogP contribution in [-0.4, -0.2) is 34.0 Å². The summed E-state index contributed by atoms with van der Waals surface area (Å²) in [6, 6.07) is 8.65. The van der Waals surface area contributed by atoms with Crippen molar-refractivity contribution >= 4 is 52.5 Å². The van der Waals surface area contributed by atoms with E-state index in [0.717, 1.165) is 16.7 Å². The summed E-state index contributed by atoms with van der Waals surface area (Å²) in [5.74, 6) is -0.227. The quantitative estimate of drug-likeness (QED) is 0.506. The highest BCUT2D eigenvalue weighted by Crippen LogP contribution is 2.47. The van der Waals surface area contributed by atoms with Crippen LogP contribution >= 0.6 is 34.8 Å². The number of halogens is 3. The standard InChI is InChI=1S/C24H22Cl3N3O3/c1-23(2,3)33-22(32)30-8-4-5-15(13-30)24(12-14-9-19(26)29-20(27)10-14)17-7-6-16(25)11-18(17)28-21(24)31/h4-11H,12-13H2,1-3H3,(H,28,31). The summed E-state index contributed by atoms with van der Waals surface area (Å²) in [5, 5.41) is 3.92. The van der Waals surface area contributed by atoms with Crippen molar-refractivity contribution in [2.75, 3.05) is 11.9 Å². The van der Waals surface area contributed by atoms with Gasteiger partial charge in [-0.2, -0.15) is 0 Å². The Morgan fingerprint density at radius 1 is 1.18 bits per heavy atom. The van der Waals surface area contributed by atoms with Gasteiger partial charge in [-0.3, -0.25) is 9.69 Å². The van der Waals surface area contributed by atoms with E-state index in [2.05, 4.69) is 10.3 Å². The fourth-order valence-corrected chi connectivity index (χ4v) is 4.83. The van der Waals surface area contributed by atoms with E-state index in [9.17, 15) is 9.59 Å². The Balaban J connectivity index is 1.80. The number of pyridine rings is 1. The Kier molecular flexibility index (Phi) is 6.20. The number of amides is 2. The molecular formula is C24H22Cl3N3O3. The van der Waals surface area contributed by atoms with Gasteiger partial charge in [-0.05, 0) is 74.2 Å². The number of hydrogen-bond donors (Lipinski definition) is 1. The van der Waals surface area contributed by atoms with Crippen molar-refractivity contribution in [2.24, 2.45) is 0 Å². The van der Waals surface area contributed by atoms with Crippen LogP contribution in [0.3, 0.4) is 0 Å². The van der Waals surface area contributed by atoms with E-state index in [1.165, 1.54) is 4.90 Å². The van der Waals surface area contributed by atoms with Crippen molar-refractivity contribution in [1.29, 1.82) is 0 Å². The molecule has 1 aromatic heterocycles. The molecular weight excluding hydrogens is 485 g/mol. The number of allylic oxidation sites excluding steroid dienone is 2. The topological polar surface area (TPSA) is 71.5 Å². The maximum absolute atomic E-state index is 13.6. The molecule has 33 heavy (non-hydrogen) atoms. The molecule has 4 rings (SSSR count). The molecule has 6 nitrogen and oxygen atoms in total. The van der Waals surface area contributed by atoms with E-state index in [-0.39, 0.29) is 29.2 Å². The molecule has 9 heteroatoms. The van der Waals surface area contributed by atoms with Gasteiger partial charge in [0.2, 0.25) is 5.91 Å². The third-order valence-corrected chi connectivity index (χ3v) is 6.07. The fourth-order valence-electron chi connectivity index (χ4n) is 4.15. The lowest BCUT2D eigenvalue weighted by Crippen LogP contribution is -2.44. The summed E-state index contributed by atoms with van der Waals surface area (Å²) in [7, 11) is 0. The molecule has 0 saturated heterocycles. The molecule has 3 heterocycles. The fraction of sp³-hybridized carbons (Fsp3) is 0.292. The van der Waals surface area contributed by atoms with Crippen molar-refractivity contribution in [3.8, 4) is 0 Å². The van der Waals surface area contributed by atoms with Crippen LogP contribution in [0.4, 0.5) is 10.5 Å². The minimum absolute atomic E-state index is 0.174. The van der Waals surface area contributed by atoms with Gasteiger partial charge in [0.05, 0.1) is 6.54 Å². The third kappa shape index (κ3) is 4.74. The van der Waals surface area contributed by atoms with E-state index in [4.69, 9.17) is 39.5 Å². The first-order chi connectivity index (χ1) is 15.5. The lowest BCUT2D eigenvalue weighted by molar-refractivity contribution is -0.119. The van der Waals surface area contributed by atoms with Crippen molar-refractivity contribution in [2.45, 2.75) is 38.2 Å². The van der Waals surface area contributed by atoms with Gasteiger partial charge in [0.1, 0.15) is 21.3 Å². The van der Waals surface area contributed by atoms with E-state index in [1.54, 1.807) is 57.3 Å². The summed E-state index contributed by atoms with van der Waals surface area (Å²) in [6.07, 6.45) is 5.00. The first-order valence-corrected chi connectivity index (χ1v) is 11.4. The van der Waals surface area contributed by atoms with Crippen molar-refractivity contribution in [3.63, 3.8) is 0 Å². The lowest BCUT2D eigenvalue weighted by atomic mass is 9.70. The predicted molar refractivity (Wildman–Crippen MR) is 130 cm³/mol. The highest BCUT2D eigenvalue weighted by molar-refractivity contribution is 6.32. The molecule has 1 unspecified atom stereocenters. The molecule has 2 aromatic rings. The second-order valence-electron chi connectivity index (χ2n) is 8.99. The van der Waals surface area contributed by atoms with Gasteiger partial charge in [-0.15, -0.1) is 0 Å². The molecule has 0 bridgehead atoms. The Labute approximate surface area is 207 Å². The van der Waals surface area contributed by atoms with Crippen LogP contribution in [0, 0.1) is 0 Å². The number of aromatic nitrogens is 1. The number of fused-ring (bicyclic) bond motifs is 1. The SMILES string of the molecule is CC(C)(C)OC(=O)N1C=CC=C(C2(Cc3cc(Cl)nc(Cl)c3)C(=O)Nc3cc(Cl)ccc32)C1. The van der Waals surface area contributed by atoms with Crippen LogP contribution in [0.2, 0.25) is 15.3 Å². The number of nitrogens with zero attached hydrogens (tertiary/aromatic N) is 2. The van der Waals surface area contributed by atoms with Crippen molar-refractivity contribution < 1.29 is 14.3 Å². The van der Waals surface area contributed by atoms with Crippen molar-refractivity contribution in [3.05, 3.63) is 80.7 Å². The average molecular weight is 507 g/mol. The molecule has 0 saturated carbocycles. The molecule has 1 N–H and O–H groups in total. The van der Waals surface area contributed by atoms with Gasteiger partial charge in [0.25, 0.3) is 0 Å². The second kappa shape index (κ2) is 8.67. The van der Waals surface area contributed by atoms with Gasteiger partial charge in [-0.25, -0.2) is 9.78 Å². The molecule has 0 radical (unpaired) electrons. The molecule has 2 aliphatic heterocycles. The number of nitrogens with one attached hydrogen (secondary N) is 1. The van der Waals surface area contributed by atoms with Gasteiger partial charge in [0.15, 0.2) is 0 Å². The Bertz CT molecular complexity index is 1180. The number of carbonyl (C=O) groups is 2.